The van der Waals surface area contributed by atoms with E-state index in [0.717, 1.165) is 17.1 Å². The van der Waals surface area contributed by atoms with E-state index in [2.05, 4.69) is 217 Å². The molecule has 9 aromatic rings. The lowest BCUT2D eigenvalue weighted by Crippen LogP contribution is -2.11. The summed E-state index contributed by atoms with van der Waals surface area (Å²) < 4.78 is 0. The van der Waals surface area contributed by atoms with Crippen LogP contribution < -0.4 is 4.90 Å². The molecule has 0 saturated heterocycles. The van der Waals surface area contributed by atoms with Gasteiger partial charge < -0.3 is 4.90 Å². The molecule has 9 aromatic carbocycles. The first kappa shape index (κ1) is 30.4. The van der Waals surface area contributed by atoms with Crippen molar-refractivity contribution >= 4 is 38.6 Å². The van der Waals surface area contributed by atoms with E-state index in [1.54, 1.807) is 0 Å². The minimum Gasteiger partial charge on any atom is -0.310 e. The monoisotopic (exact) mass is 649 g/mol. The van der Waals surface area contributed by atoms with E-state index in [-0.39, 0.29) is 0 Å². The average molecular weight is 650 g/mol. The normalized spacial score (nSPS) is 11.1. The highest BCUT2D eigenvalue weighted by Gasteiger charge is 2.20. The van der Waals surface area contributed by atoms with Gasteiger partial charge in [0.25, 0.3) is 0 Å². The molecule has 0 saturated carbocycles. The minimum absolute atomic E-state index is 1.10. The van der Waals surface area contributed by atoms with Crippen LogP contribution in [0.4, 0.5) is 17.1 Å². The van der Waals surface area contributed by atoms with Crippen molar-refractivity contribution in [1.82, 2.24) is 0 Å². The van der Waals surface area contributed by atoms with E-state index in [1.807, 2.05) is 0 Å². The summed E-state index contributed by atoms with van der Waals surface area (Å²) in [5.41, 5.74) is 12.9. The van der Waals surface area contributed by atoms with Crippen molar-refractivity contribution in [2.75, 3.05) is 4.90 Å². The molecular formula is C50H35N. The van der Waals surface area contributed by atoms with Crippen LogP contribution in [0.2, 0.25) is 0 Å². The highest BCUT2D eigenvalue weighted by molar-refractivity contribution is 5.98. The maximum Gasteiger partial charge on any atom is 0.0540 e. The molecule has 240 valence electrons. The van der Waals surface area contributed by atoms with Gasteiger partial charge >= 0.3 is 0 Å². The molecular weight excluding hydrogens is 615 g/mol. The summed E-state index contributed by atoms with van der Waals surface area (Å²) in [4.78, 5) is 2.41. The number of rotatable bonds is 7. The number of hydrogen-bond acceptors (Lipinski definition) is 1. The molecule has 0 aliphatic heterocycles. The van der Waals surface area contributed by atoms with Gasteiger partial charge in [-0.2, -0.15) is 0 Å². The standard InChI is InChI=1S/C50H35N/c1-2-15-37(16-3-1)47-23-8-9-24-48(47)49-25-10-11-27-50(49)51(43-32-30-39(31-33-43)46-26-13-19-38-17-6-7-22-45(38)46)44-21-12-20-41(35-44)42-29-28-36-14-4-5-18-40(36)34-42/h1-35H. The maximum absolute atomic E-state index is 2.41. The number of anilines is 3. The summed E-state index contributed by atoms with van der Waals surface area (Å²) in [6.07, 6.45) is 0. The second-order valence-corrected chi connectivity index (χ2v) is 13.0. The zero-order valence-electron chi connectivity index (χ0n) is 28.2. The van der Waals surface area contributed by atoms with Gasteiger partial charge in [-0.05, 0) is 96.9 Å². The first-order chi connectivity index (χ1) is 25.3. The Hall–Kier alpha value is -6.70. The number of fused-ring (bicyclic) bond motifs is 2. The van der Waals surface area contributed by atoms with Gasteiger partial charge in [-0.25, -0.2) is 0 Å². The van der Waals surface area contributed by atoms with Crippen LogP contribution in [0.15, 0.2) is 212 Å². The fraction of sp³-hybridized carbons (Fsp3) is 0. The van der Waals surface area contributed by atoms with Gasteiger partial charge in [0.1, 0.15) is 0 Å². The molecule has 1 heteroatoms. The number of hydrogen-bond donors (Lipinski definition) is 0. The molecule has 0 bridgehead atoms. The summed E-state index contributed by atoms with van der Waals surface area (Å²) in [7, 11) is 0. The molecule has 1 nitrogen and oxygen atoms in total. The zero-order valence-corrected chi connectivity index (χ0v) is 28.2. The molecule has 0 heterocycles. The lowest BCUT2D eigenvalue weighted by Gasteiger charge is -2.29. The number of benzene rings is 9. The van der Waals surface area contributed by atoms with E-state index >= 15 is 0 Å². The van der Waals surface area contributed by atoms with Gasteiger partial charge in [-0.15, -0.1) is 0 Å². The van der Waals surface area contributed by atoms with Crippen molar-refractivity contribution in [2.24, 2.45) is 0 Å². The first-order valence-electron chi connectivity index (χ1n) is 17.5. The lowest BCUT2D eigenvalue weighted by molar-refractivity contribution is 1.28. The largest absolute Gasteiger partial charge is 0.310 e. The first-order valence-corrected chi connectivity index (χ1v) is 17.5. The molecule has 51 heavy (non-hydrogen) atoms. The molecule has 9 rings (SSSR count). The molecule has 0 unspecified atom stereocenters. The predicted octanol–water partition coefficient (Wildman–Crippen LogP) is 14.1. The molecule has 0 aromatic heterocycles. The van der Waals surface area contributed by atoms with Crippen molar-refractivity contribution in [3.05, 3.63) is 212 Å². The molecule has 0 aliphatic carbocycles. The molecule has 0 atom stereocenters. The smallest absolute Gasteiger partial charge is 0.0540 e. The van der Waals surface area contributed by atoms with Crippen LogP contribution in [-0.4, -0.2) is 0 Å². The highest BCUT2D eigenvalue weighted by atomic mass is 15.1. The van der Waals surface area contributed by atoms with Crippen LogP contribution in [0.1, 0.15) is 0 Å². The Bertz CT molecular complexity index is 2630. The Morgan fingerprint density at radius 2 is 0.804 bits per heavy atom. The van der Waals surface area contributed by atoms with Gasteiger partial charge in [0.15, 0.2) is 0 Å². The summed E-state index contributed by atoms with van der Waals surface area (Å²) in [5.74, 6) is 0. The van der Waals surface area contributed by atoms with Gasteiger partial charge in [0.2, 0.25) is 0 Å². The van der Waals surface area contributed by atoms with E-state index in [4.69, 9.17) is 0 Å². The summed E-state index contributed by atoms with van der Waals surface area (Å²) in [6.45, 7) is 0. The Morgan fingerprint density at radius 1 is 0.255 bits per heavy atom. The van der Waals surface area contributed by atoms with E-state index in [9.17, 15) is 0 Å². The quantitative estimate of drug-likeness (QED) is 0.166. The third-order valence-electron chi connectivity index (χ3n) is 9.86. The number of nitrogens with zero attached hydrogens (tertiary/aromatic N) is 1. The van der Waals surface area contributed by atoms with Gasteiger partial charge in [-0.3, -0.25) is 0 Å². The van der Waals surface area contributed by atoms with Crippen LogP contribution >= 0.6 is 0 Å². The predicted molar refractivity (Wildman–Crippen MR) is 218 cm³/mol. The lowest BCUT2D eigenvalue weighted by atomic mass is 9.93. The fourth-order valence-corrected chi connectivity index (χ4v) is 7.37. The molecule has 0 radical (unpaired) electrons. The topological polar surface area (TPSA) is 3.24 Å². The van der Waals surface area contributed by atoms with Crippen LogP contribution in [0, 0.1) is 0 Å². The summed E-state index contributed by atoms with van der Waals surface area (Å²) >= 11 is 0. The van der Waals surface area contributed by atoms with Crippen molar-refractivity contribution in [3.8, 4) is 44.5 Å². The number of para-hydroxylation sites is 1. The fourth-order valence-electron chi connectivity index (χ4n) is 7.37. The summed E-state index contributed by atoms with van der Waals surface area (Å²) in [5, 5.41) is 4.99. The third-order valence-corrected chi connectivity index (χ3v) is 9.86. The Morgan fingerprint density at radius 3 is 1.65 bits per heavy atom. The third kappa shape index (κ3) is 5.86. The van der Waals surface area contributed by atoms with Gasteiger partial charge in [-0.1, -0.05) is 176 Å². The van der Waals surface area contributed by atoms with E-state index in [0.29, 0.717) is 0 Å². The molecule has 0 N–H and O–H groups in total. The van der Waals surface area contributed by atoms with Crippen LogP contribution in [0.3, 0.4) is 0 Å². The van der Waals surface area contributed by atoms with Crippen molar-refractivity contribution in [2.45, 2.75) is 0 Å². The summed E-state index contributed by atoms with van der Waals surface area (Å²) in [6, 6.07) is 76.7. The van der Waals surface area contributed by atoms with Crippen molar-refractivity contribution in [1.29, 1.82) is 0 Å². The van der Waals surface area contributed by atoms with Crippen LogP contribution in [0.5, 0.6) is 0 Å². The Balaban J connectivity index is 1.22. The second kappa shape index (κ2) is 13.3. The van der Waals surface area contributed by atoms with Crippen molar-refractivity contribution in [3.63, 3.8) is 0 Å². The maximum atomic E-state index is 2.41. The minimum atomic E-state index is 1.10. The molecule has 0 aliphatic rings. The molecule has 0 fully saturated rings. The van der Waals surface area contributed by atoms with Crippen LogP contribution in [0.25, 0.3) is 66.1 Å². The highest BCUT2D eigenvalue weighted by Crippen LogP contribution is 2.44. The molecule has 0 spiro atoms. The van der Waals surface area contributed by atoms with Crippen molar-refractivity contribution < 1.29 is 0 Å². The molecule has 0 amide bonds. The SMILES string of the molecule is c1ccc(-c2ccccc2-c2ccccc2N(c2ccc(-c3cccc4ccccc34)cc2)c2cccc(-c3ccc4ccccc4c3)c2)cc1. The average Bonchev–Trinajstić information content (AvgIpc) is 3.21. The van der Waals surface area contributed by atoms with E-state index < -0.39 is 0 Å². The Labute approximate surface area is 299 Å². The van der Waals surface area contributed by atoms with Gasteiger partial charge in [0.05, 0.1) is 5.69 Å². The Kier molecular flexibility index (Phi) is 7.92. The second-order valence-electron chi connectivity index (χ2n) is 13.0. The zero-order chi connectivity index (χ0) is 34.0. The van der Waals surface area contributed by atoms with E-state index in [1.165, 1.54) is 66.1 Å². The van der Waals surface area contributed by atoms with Gasteiger partial charge in [0, 0.05) is 16.9 Å². The van der Waals surface area contributed by atoms with Crippen LogP contribution in [-0.2, 0) is 0 Å².